The van der Waals surface area contributed by atoms with Crippen molar-refractivity contribution in [2.45, 2.75) is 31.7 Å². The molecule has 1 fully saturated rings. The van der Waals surface area contributed by atoms with Gasteiger partial charge in [0.1, 0.15) is 5.75 Å². The third-order valence-corrected chi connectivity index (χ3v) is 6.76. The molecule has 1 aromatic carbocycles. The van der Waals surface area contributed by atoms with E-state index in [0.717, 1.165) is 54.6 Å². The molecule has 1 atom stereocenters. The van der Waals surface area contributed by atoms with Gasteiger partial charge < -0.3 is 15.0 Å². The number of likely N-dealkylation sites (tertiary alicyclic amines) is 1. The topological polar surface area (TPSA) is 72.3 Å². The number of nitrogens with one attached hydrogen (secondary N) is 1. The van der Waals surface area contributed by atoms with E-state index in [-0.39, 0.29) is 11.4 Å². The minimum absolute atomic E-state index is 0.0124. The SMILES string of the molecule is CCNC(=O)N1CCC2(CCn3nc(-c4cnc5ccc(OC)c(Cl)c5c4)cc32)C1. The van der Waals surface area contributed by atoms with Crippen molar-refractivity contribution in [2.75, 3.05) is 26.7 Å². The predicted molar refractivity (Wildman–Crippen MR) is 116 cm³/mol. The van der Waals surface area contributed by atoms with Crippen LogP contribution in [0.3, 0.4) is 0 Å². The van der Waals surface area contributed by atoms with Crippen LogP contribution >= 0.6 is 11.6 Å². The van der Waals surface area contributed by atoms with E-state index in [1.54, 1.807) is 7.11 Å². The van der Waals surface area contributed by atoms with Crippen molar-refractivity contribution < 1.29 is 9.53 Å². The number of carbonyl (C=O) groups is 1. The number of urea groups is 1. The molecular formula is C22H24ClN5O2. The number of pyridine rings is 1. The summed E-state index contributed by atoms with van der Waals surface area (Å²) in [6, 6.07) is 7.93. The molecule has 2 aliphatic rings. The van der Waals surface area contributed by atoms with Gasteiger partial charge in [0, 0.05) is 54.4 Å². The van der Waals surface area contributed by atoms with Gasteiger partial charge in [-0.3, -0.25) is 9.67 Å². The van der Waals surface area contributed by atoms with Crippen molar-refractivity contribution in [1.82, 2.24) is 25.0 Å². The number of aromatic nitrogens is 3. The molecule has 156 valence electrons. The Labute approximate surface area is 180 Å². The van der Waals surface area contributed by atoms with Crippen LogP contribution in [0.15, 0.2) is 30.5 Å². The van der Waals surface area contributed by atoms with E-state index in [2.05, 4.69) is 21.0 Å². The third kappa shape index (κ3) is 2.91. The van der Waals surface area contributed by atoms with Gasteiger partial charge in [0.2, 0.25) is 0 Å². The van der Waals surface area contributed by atoms with Gasteiger partial charge in [-0.05, 0) is 44.0 Å². The highest BCUT2D eigenvalue weighted by molar-refractivity contribution is 6.37. The Balaban J connectivity index is 1.49. The van der Waals surface area contributed by atoms with Crippen LogP contribution < -0.4 is 10.1 Å². The fourth-order valence-corrected chi connectivity index (χ4v) is 5.06. The highest BCUT2D eigenvalue weighted by atomic mass is 35.5. The molecule has 0 radical (unpaired) electrons. The molecule has 1 N–H and O–H groups in total. The van der Waals surface area contributed by atoms with Gasteiger partial charge >= 0.3 is 6.03 Å². The summed E-state index contributed by atoms with van der Waals surface area (Å²) in [4.78, 5) is 18.8. The molecule has 2 aliphatic heterocycles. The van der Waals surface area contributed by atoms with E-state index >= 15 is 0 Å². The molecule has 8 heteroatoms. The molecule has 3 aromatic rings. The number of fused-ring (bicyclic) bond motifs is 3. The van der Waals surface area contributed by atoms with Crippen LogP contribution in [0.5, 0.6) is 5.75 Å². The minimum Gasteiger partial charge on any atom is -0.495 e. The van der Waals surface area contributed by atoms with Crippen molar-refractivity contribution in [3.8, 4) is 17.0 Å². The zero-order valence-corrected chi connectivity index (χ0v) is 17.9. The van der Waals surface area contributed by atoms with Crippen LogP contribution in [0.2, 0.25) is 5.02 Å². The summed E-state index contributed by atoms with van der Waals surface area (Å²) in [5.41, 5.74) is 3.82. The number of halogens is 1. The van der Waals surface area contributed by atoms with E-state index < -0.39 is 0 Å². The van der Waals surface area contributed by atoms with Gasteiger partial charge in [0.15, 0.2) is 0 Å². The second kappa shape index (κ2) is 7.16. The number of carbonyl (C=O) groups excluding carboxylic acids is 1. The smallest absolute Gasteiger partial charge is 0.317 e. The molecule has 4 heterocycles. The van der Waals surface area contributed by atoms with E-state index in [0.29, 0.717) is 17.3 Å². The van der Waals surface area contributed by atoms with Crippen LogP contribution in [0.1, 0.15) is 25.5 Å². The highest BCUT2D eigenvalue weighted by Gasteiger charge is 2.46. The third-order valence-electron chi connectivity index (χ3n) is 6.37. The van der Waals surface area contributed by atoms with Gasteiger partial charge in [-0.15, -0.1) is 0 Å². The number of rotatable bonds is 3. The standard InChI is InChI=1S/C22H24ClN5O2/c1-3-24-21(29)27-8-6-22(13-27)7-9-28-19(22)11-17(26-28)14-10-15-16(25-12-14)4-5-18(30-2)20(15)23/h4-5,10-12H,3,6-9,13H2,1-2H3,(H,24,29). The van der Waals surface area contributed by atoms with Crippen molar-refractivity contribution in [1.29, 1.82) is 0 Å². The Morgan fingerprint density at radius 3 is 2.93 bits per heavy atom. The van der Waals surface area contributed by atoms with Crippen LogP contribution in [-0.4, -0.2) is 52.4 Å². The first-order chi connectivity index (χ1) is 14.5. The van der Waals surface area contributed by atoms with Crippen LogP contribution in [0, 0.1) is 0 Å². The fourth-order valence-electron chi connectivity index (χ4n) is 4.77. The van der Waals surface area contributed by atoms with Crippen LogP contribution in [0.4, 0.5) is 4.79 Å². The largest absolute Gasteiger partial charge is 0.495 e. The lowest BCUT2D eigenvalue weighted by molar-refractivity contribution is 0.206. The monoisotopic (exact) mass is 425 g/mol. The number of hydrogen-bond acceptors (Lipinski definition) is 4. The molecule has 5 rings (SSSR count). The summed E-state index contributed by atoms with van der Waals surface area (Å²) in [7, 11) is 1.61. The summed E-state index contributed by atoms with van der Waals surface area (Å²) < 4.78 is 7.43. The summed E-state index contributed by atoms with van der Waals surface area (Å²) in [5, 5.41) is 9.17. The number of benzene rings is 1. The van der Waals surface area contributed by atoms with Gasteiger partial charge in [0.25, 0.3) is 0 Å². The van der Waals surface area contributed by atoms with Gasteiger partial charge in [-0.1, -0.05) is 11.6 Å². The number of hydrogen-bond donors (Lipinski definition) is 1. The maximum Gasteiger partial charge on any atom is 0.317 e. The molecule has 1 saturated heterocycles. The first-order valence-corrected chi connectivity index (χ1v) is 10.7. The van der Waals surface area contributed by atoms with Crippen LogP contribution in [0.25, 0.3) is 22.2 Å². The molecule has 7 nitrogen and oxygen atoms in total. The lowest BCUT2D eigenvalue weighted by Gasteiger charge is -2.23. The Morgan fingerprint density at radius 1 is 1.30 bits per heavy atom. The Bertz CT molecular complexity index is 1140. The lowest BCUT2D eigenvalue weighted by atomic mass is 9.82. The lowest BCUT2D eigenvalue weighted by Crippen LogP contribution is -2.40. The van der Waals surface area contributed by atoms with Crippen molar-refractivity contribution >= 4 is 28.5 Å². The first-order valence-electron chi connectivity index (χ1n) is 10.3. The Morgan fingerprint density at radius 2 is 2.13 bits per heavy atom. The molecular weight excluding hydrogens is 402 g/mol. The Kier molecular flexibility index (Phi) is 4.58. The predicted octanol–water partition coefficient (Wildman–Crippen LogP) is 3.84. The summed E-state index contributed by atoms with van der Waals surface area (Å²) in [5.74, 6) is 0.630. The molecule has 2 aromatic heterocycles. The second-order valence-electron chi connectivity index (χ2n) is 8.05. The summed E-state index contributed by atoms with van der Waals surface area (Å²) in [6.45, 7) is 4.98. The van der Waals surface area contributed by atoms with Crippen molar-refractivity contribution in [2.24, 2.45) is 0 Å². The minimum atomic E-state index is -0.0124. The molecule has 30 heavy (non-hydrogen) atoms. The van der Waals surface area contributed by atoms with Crippen molar-refractivity contribution in [3.05, 3.63) is 41.2 Å². The number of methoxy groups -OCH3 is 1. The van der Waals surface area contributed by atoms with Gasteiger partial charge in [0.05, 0.1) is 23.3 Å². The van der Waals surface area contributed by atoms with E-state index in [1.807, 2.05) is 36.2 Å². The molecule has 1 unspecified atom stereocenters. The summed E-state index contributed by atoms with van der Waals surface area (Å²) in [6.07, 6.45) is 3.82. The second-order valence-corrected chi connectivity index (χ2v) is 8.43. The molecule has 0 saturated carbocycles. The maximum atomic E-state index is 12.3. The van der Waals surface area contributed by atoms with E-state index in [4.69, 9.17) is 21.4 Å². The van der Waals surface area contributed by atoms with E-state index in [9.17, 15) is 4.79 Å². The molecule has 2 amide bonds. The molecule has 1 spiro atoms. The average Bonchev–Trinajstić information content (AvgIpc) is 3.45. The first kappa shape index (κ1) is 19.2. The fraction of sp³-hybridized carbons (Fsp3) is 0.409. The Hall–Kier alpha value is -2.80. The number of aryl methyl sites for hydroxylation is 1. The van der Waals surface area contributed by atoms with Crippen molar-refractivity contribution in [3.63, 3.8) is 0 Å². The van der Waals surface area contributed by atoms with Gasteiger partial charge in [-0.25, -0.2) is 4.79 Å². The normalized spacial score (nSPS) is 20.2. The zero-order valence-electron chi connectivity index (χ0n) is 17.1. The van der Waals surface area contributed by atoms with E-state index in [1.165, 1.54) is 5.69 Å². The average molecular weight is 426 g/mol. The quantitative estimate of drug-likeness (QED) is 0.692. The highest BCUT2D eigenvalue weighted by Crippen LogP contribution is 2.44. The van der Waals surface area contributed by atoms with Crippen LogP contribution in [-0.2, 0) is 12.0 Å². The summed E-state index contributed by atoms with van der Waals surface area (Å²) >= 11 is 6.51. The van der Waals surface area contributed by atoms with Gasteiger partial charge in [-0.2, -0.15) is 5.10 Å². The zero-order chi connectivity index (χ0) is 20.9. The number of nitrogens with zero attached hydrogens (tertiary/aromatic N) is 4. The number of ether oxygens (including phenoxy) is 1. The molecule has 0 aliphatic carbocycles. The number of amides is 2. The molecule has 0 bridgehead atoms. The maximum absolute atomic E-state index is 12.3.